The molecule has 1 heterocycles. The maximum absolute atomic E-state index is 12.3. The van der Waals surface area contributed by atoms with E-state index in [1.165, 1.54) is 6.26 Å². The Morgan fingerprint density at radius 3 is 2.52 bits per heavy atom. The summed E-state index contributed by atoms with van der Waals surface area (Å²) in [6, 6.07) is 2.86. The second-order valence-corrected chi connectivity index (χ2v) is 6.33. The lowest BCUT2D eigenvalue weighted by Crippen LogP contribution is -2.45. The molecule has 134 valence electrons. The third-order valence-corrected chi connectivity index (χ3v) is 4.05. The van der Waals surface area contributed by atoms with Crippen LogP contribution in [0.5, 0.6) is 0 Å². The molecule has 0 fully saturated rings. The summed E-state index contributed by atoms with van der Waals surface area (Å²) < 4.78 is 10.8. The summed E-state index contributed by atoms with van der Waals surface area (Å²) >= 11 is 0. The third-order valence-electron chi connectivity index (χ3n) is 4.05. The molecule has 0 aliphatic rings. The predicted molar refractivity (Wildman–Crippen MR) is 91.8 cm³/mol. The second kappa shape index (κ2) is 7.38. The minimum Gasteiger partial charge on any atom is -0.464 e. The lowest BCUT2D eigenvalue weighted by Gasteiger charge is -2.19. The number of nitrogens with one attached hydrogen (secondary N) is 1. The summed E-state index contributed by atoms with van der Waals surface area (Å²) in [5.41, 5.74) is 8.46. The minimum atomic E-state index is -1.10. The summed E-state index contributed by atoms with van der Waals surface area (Å²) in [6.45, 7) is 7.35. The molecule has 2 rings (SSSR count). The molecule has 0 spiro atoms. The highest BCUT2D eigenvalue weighted by atomic mass is 16.5. The molecule has 25 heavy (non-hydrogen) atoms. The van der Waals surface area contributed by atoms with E-state index in [1.807, 2.05) is 31.3 Å². The van der Waals surface area contributed by atoms with Gasteiger partial charge in [-0.25, -0.2) is 4.79 Å². The quantitative estimate of drug-likeness (QED) is 0.807. The molecule has 3 amide bonds. The molecule has 0 bridgehead atoms. The first-order chi connectivity index (χ1) is 11.7. The van der Waals surface area contributed by atoms with Crippen LogP contribution in [0.2, 0.25) is 0 Å². The van der Waals surface area contributed by atoms with Crippen LogP contribution in [0.1, 0.15) is 30.5 Å². The molecule has 0 saturated heterocycles. The van der Waals surface area contributed by atoms with Gasteiger partial charge < -0.3 is 14.9 Å². The molecule has 0 saturated carbocycles. The van der Waals surface area contributed by atoms with Crippen LogP contribution in [0.25, 0.3) is 11.0 Å². The van der Waals surface area contributed by atoms with Gasteiger partial charge in [0.25, 0.3) is 5.91 Å². The van der Waals surface area contributed by atoms with Crippen LogP contribution in [-0.2, 0) is 20.7 Å². The fraction of sp³-hybridized carbons (Fsp3) is 0.389. The van der Waals surface area contributed by atoms with Crippen LogP contribution in [0.3, 0.4) is 0 Å². The van der Waals surface area contributed by atoms with Gasteiger partial charge in [-0.3, -0.25) is 14.9 Å². The Morgan fingerprint density at radius 1 is 1.24 bits per heavy atom. The molecule has 3 N–H and O–H groups in total. The van der Waals surface area contributed by atoms with Gasteiger partial charge in [0.15, 0.2) is 6.10 Å². The van der Waals surface area contributed by atoms with Gasteiger partial charge in [0, 0.05) is 10.9 Å². The topological polar surface area (TPSA) is 112 Å². The Hall–Kier alpha value is -2.83. The normalized spacial score (nSPS) is 12.2. The molecule has 0 unspecified atom stereocenters. The van der Waals surface area contributed by atoms with Crippen molar-refractivity contribution < 1.29 is 23.5 Å². The Kier molecular flexibility index (Phi) is 5.46. The summed E-state index contributed by atoms with van der Waals surface area (Å²) in [5.74, 6) is -1.63. The maximum atomic E-state index is 12.3. The minimum absolute atomic E-state index is 0.0391. The number of aryl methyl sites for hydroxylation is 2. The van der Waals surface area contributed by atoms with E-state index in [0.29, 0.717) is 5.56 Å². The molecular weight excluding hydrogens is 324 g/mol. The van der Waals surface area contributed by atoms with E-state index in [1.54, 1.807) is 13.8 Å². The van der Waals surface area contributed by atoms with Gasteiger partial charge in [-0.1, -0.05) is 26.0 Å². The molecular formula is C18H22N2O5. The van der Waals surface area contributed by atoms with Crippen LogP contribution in [-0.4, -0.2) is 24.0 Å². The van der Waals surface area contributed by atoms with Crippen molar-refractivity contribution >= 4 is 28.9 Å². The smallest absolute Gasteiger partial charge is 0.318 e. The Labute approximate surface area is 145 Å². The van der Waals surface area contributed by atoms with Crippen molar-refractivity contribution in [3.63, 3.8) is 0 Å². The molecule has 1 atom stereocenters. The highest BCUT2D eigenvalue weighted by Gasteiger charge is 2.27. The van der Waals surface area contributed by atoms with E-state index in [0.717, 1.165) is 22.1 Å². The number of esters is 1. The highest BCUT2D eigenvalue weighted by Crippen LogP contribution is 2.27. The number of carbonyl (C=O) groups excluding carboxylic acids is 3. The number of urea groups is 1. The van der Waals surface area contributed by atoms with Crippen LogP contribution in [0, 0.1) is 19.8 Å². The number of rotatable bonds is 5. The number of ether oxygens (including phenoxy) is 1. The SMILES string of the molecule is Cc1ccc2c(CC(=O)O[C@H](C(=O)NC(N)=O)C(C)C)coc2c1C. The van der Waals surface area contributed by atoms with E-state index in [9.17, 15) is 14.4 Å². The Morgan fingerprint density at radius 2 is 1.92 bits per heavy atom. The number of benzene rings is 1. The number of furan rings is 1. The van der Waals surface area contributed by atoms with Crippen molar-refractivity contribution in [1.82, 2.24) is 5.32 Å². The van der Waals surface area contributed by atoms with E-state index >= 15 is 0 Å². The van der Waals surface area contributed by atoms with Crippen molar-refractivity contribution in [3.8, 4) is 0 Å². The third kappa shape index (κ3) is 4.17. The zero-order valence-corrected chi connectivity index (χ0v) is 14.7. The number of carbonyl (C=O) groups is 3. The van der Waals surface area contributed by atoms with Crippen molar-refractivity contribution in [1.29, 1.82) is 0 Å². The van der Waals surface area contributed by atoms with Crippen molar-refractivity contribution in [3.05, 3.63) is 35.1 Å². The van der Waals surface area contributed by atoms with E-state index in [-0.39, 0.29) is 12.3 Å². The van der Waals surface area contributed by atoms with Gasteiger partial charge in [0.2, 0.25) is 0 Å². The molecule has 0 aliphatic heterocycles. The molecule has 0 aliphatic carbocycles. The second-order valence-electron chi connectivity index (χ2n) is 6.33. The van der Waals surface area contributed by atoms with E-state index < -0.39 is 24.0 Å². The number of nitrogens with two attached hydrogens (primary N) is 1. The average molecular weight is 346 g/mol. The lowest BCUT2D eigenvalue weighted by atomic mass is 10.0. The maximum Gasteiger partial charge on any atom is 0.318 e. The average Bonchev–Trinajstić information content (AvgIpc) is 2.91. The molecule has 0 radical (unpaired) electrons. The largest absolute Gasteiger partial charge is 0.464 e. The first kappa shape index (κ1) is 18.5. The summed E-state index contributed by atoms with van der Waals surface area (Å²) in [7, 11) is 0. The number of hydrogen-bond acceptors (Lipinski definition) is 5. The van der Waals surface area contributed by atoms with Gasteiger partial charge in [0.1, 0.15) is 5.58 Å². The van der Waals surface area contributed by atoms with Crippen molar-refractivity contribution in [2.24, 2.45) is 11.7 Å². The molecule has 7 heteroatoms. The number of imide groups is 1. The molecule has 1 aromatic heterocycles. The first-order valence-electron chi connectivity index (χ1n) is 7.96. The Bertz CT molecular complexity index is 822. The molecule has 1 aromatic carbocycles. The molecule has 7 nitrogen and oxygen atoms in total. The van der Waals surface area contributed by atoms with Crippen molar-refractivity contribution in [2.75, 3.05) is 0 Å². The van der Waals surface area contributed by atoms with Crippen LogP contribution in [0.15, 0.2) is 22.8 Å². The van der Waals surface area contributed by atoms with Crippen LogP contribution in [0.4, 0.5) is 4.79 Å². The zero-order chi connectivity index (χ0) is 18.7. The number of hydrogen-bond donors (Lipinski definition) is 2. The van der Waals surface area contributed by atoms with Crippen molar-refractivity contribution in [2.45, 2.75) is 40.2 Å². The number of amides is 3. The number of fused-ring (bicyclic) bond motifs is 1. The predicted octanol–water partition coefficient (Wildman–Crippen LogP) is 2.35. The van der Waals surface area contributed by atoms with Gasteiger partial charge in [0.05, 0.1) is 12.7 Å². The monoisotopic (exact) mass is 346 g/mol. The van der Waals surface area contributed by atoms with Gasteiger partial charge in [-0.15, -0.1) is 0 Å². The van der Waals surface area contributed by atoms with Gasteiger partial charge in [-0.2, -0.15) is 0 Å². The first-order valence-corrected chi connectivity index (χ1v) is 7.96. The number of primary amides is 1. The van der Waals surface area contributed by atoms with Crippen LogP contribution < -0.4 is 11.1 Å². The highest BCUT2D eigenvalue weighted by molar-refractivity contribution is 5.97. The standard InChI is InChI=1S/C18H22N2O5/c1-9(2)15(17(22)20-18(19)23)25-14(21)7-12-8-24-16-11(4)10(3)5-6-13(12)16/h5-6,8-9,15H,7H2,1-4H3,(H3,19,20,22,23)/t15-/m0/s1. The van der Waals surface area contributed by atoms with Crippen LogP contribution >= 0.6 is 0 Å². The fourth-order valence-corrected chi connectivity index (χ4v) is 2.55. The summed E-state index contributed by atoms with van der Waals surface area (Å²) in [6.07, 6.45) is 0.386. The summed E-state index contributed by atoms with van der Waals surface area (Å²) in [4.78, 5) is 35.0. The van der Waals surface area contributed by atoms with Gasteiger partial charge in [-0.05, 0) is 30.9 Å². The Balaban J connectivity index is 2.15. The van der Waals surface area contributed by atoms with Gasteiger partial charge >= 0.3 is 12.0 Å². The van der Waals surface area contributed by atoms with E-state index in [4.69, 9.17) is 14.9 Å². The summed E-state index contributed by atoms with van der Waals surface area (Å²) in [5, 5.41) is 2.77. The zero-order valence-electron chi connectivity index (χ0n) is 14.7. The molecule has 2 aromatic rings. The fourth-order valence-electron chi connectivity index (χ4n) is 2.55. The van der Waals surface area contributed by atoms with E-state index in [2.05, 4.69) is 0 Å². The lowest BCUT2D eigenvalue weighted by molar-refractivity contribution is -0.157.